The first kappa shape index (κ1) is 12.5. The van der Waals surface area contributed by atoms with Crippen molar-refractivity contribution in [2.24, 2.45) is 5.73 Å². The number of nitrogens with two attached hydrogens (primary N) is 1. The van der Waals surface area contributed by atoms with Crippen LogP contribution < -0.4 is 11.1 Å². The third kappa shape index (κ3) is 3.24. The summed E-state index contributed by atoms with van der Waals surface area (Å²) in [5.41, 5.74) is 6.58. The molecule has 2 atom stereocenters. The number of ether oxygens (including phenoxy) is 1. The van der Waals surface area contributed by atoms with Gasteiger partial charge in [-0.25, -0.2) is 0 Å². The number of anilines is 1. The fourth-order valence-electron chi connectivity index (χ4n) is 1.35. The lowest BCUT2D eigenvalue weighted by Crippen LogP contribution is -2.29. The Hall–Kier alpha value is -1.55. The predicted octanol–water partition coefficient (Wildman–Crippen LogP) is 1.62. The lowest BCUT2D eigenvalue weighted by Gasteiger charge is -2.21. The highest BCUT2D eigenvalue weighted by Gasteiger charge is 2.11. The Labute approximate surface area is 95.8 Å². The van der Waals surface area contributed by atoms with Gasteiger partial charge < -0.3 is 15.8 Å². The van der Waals surface area contributed by atoms with E-state index >= 15 is 0 Å². The fraction of sp³-hybridized carbons (Fsp3) is 0.417. The topological polar surface area (TPSA) is 64.3 Å². The monoisotopic (exact) mass is 222 g/mol. The van der Waals surface area contributed by atoms with Crippen molar-refractivity contribution in [3.8, 4) is 0 Å². The van der Waals surface area contributed by atoms with Crippen LogP contribution in [0.15, 0.2) is 24.3 Å². The van der Waals surface area contributed by atoms with Gasteiger partial charge in [0.15, 0.2) is 0 Å². The van der Waals surface area contributed by atoms with Crippen LogP contribution in [0.4, 0.5) is 5.69 Å². The van der Waals surface area contributed by atoms with Gasteiger partial charge in [0.05, 0.1) is 6.10 Å². The SMILES string of the molecule is COC(C)C(C)Nc1cccc(C(N)=O)c1. The van der Waals surface area contributed by atoms with E-state index in [-0.39, 0.29) is 12.1 Å². The zero-order chi connectivity index (χ0) is 12.1. The molecule has 1 amide bonds. The molecule has 0 heterocycles. The molecule has 0 aliphatic carbocycles. The van der Waals surface area contributed by atoms with Gasteiger partial charge in [-0.05, 0) is 32.0 Å². The second kappa shape index (κ2) is 5.51. The summed E-state index contributed by atoms with van der Waals surface area (Å²) in [6.07, 6.45) is 0.0947. The molecular weight excluding hydrogens is 204 g/mol. The molecule has 0 bridgehead atoms. The molecule has 0 aliphatic rings. The first-order chi connectivity index (χ1) is 7.54. The molecule has 3 N–H and O–H groups in total. The average Bonchev–Trinajstić information content (AvgIpc) is 2.28. The maximum Gasteiger partial charge on any atom is 0.248 e. The van der Waals surface area contributed by atoms with E-state index in [1.165, 1.54) is 0 Å². The van der Waals surface area contributed by atoms with E-state index in [2.05, 4.69) is 5.32 Å². The van der Waals surface area contributed by atoms with Gasteiger partial charge in [-0.3, -0.25) is 4.79 Å². The van der Waals surface area contributed by atoms with Crippen molar-refractivity contribution in [1.29, 1.82) is 0 Å². The molecule has 2 unspecified atom stereocenters. The second-order valence-electron chi connectivity index (χ2n) is 3.82. The Morgan fingerprint density at radius 3 is 2.69 bits per heavy atom. The van der Waals surface area contributed by atoms with Crippen molar-refractivity contribution >= 4 is 11.6 Å². The van der Waals surface area contributed by atoms with E-state index in [9.17, 15) is 4.79 Å². The lowest BCUT2D eigenvalue weighted by molar-refractivity contribution is 0.100. The molecule has 4 nitrogen and oxygen atoms in total. The number of carbonyl (C=O) groups is 1. The molecule has 1 rings (SSSR count). The molecule has 0 radical (unpaired) electrons. The minimum atomic E-state index is -0.420. The fourth-order valence-corrected chi connectivity index (χ4v) is 1.35. The maximum absolute atomic E-state index is 11.0. The Morgan fingerprint density at radius 1 is 1.44 bits per heavy atom. The summed E-state index contributed by atoms with van der Waals surface area (Å²) in [5.74, 6) is -0.420. The van der Waals surface area contributed by atoms with Crippen molar-refractivity contribution in [1.82, 2.24) is 0 Å². The minimum Gasteiger partial charge on any atom is -0.380 e. The van der Waals surface area contributed by atoms with Crippen LogP contribution in [0.3, 0.4) is 0 Å². The summed E-state index contributed by atoms with van der Waals surface area (Å²) >= 11 is 0. The molecule has 0 saturated heterocycles. The van der Waals surface area contributed by atoms with Crippen LogP contribution in [-0.4, -0.2) is 25.2 Å². The van der Waals surface area contributed by atoms with Gasteiger partial charge in [-0.2, -0.15) is 0 Å². The van der Waals surface area contributed by atoms with Crippen molar-refractivity contribution in [3.63, 3.8) is 0 Å². The van der Waals surface area contributed by atoms with Gasteiger partial charge in [0, 0.05) is 24.4 Å². The van der Waals surface area contributed by atoms with Crippen LogP contribution in [-0.2, 0) is 4.74 Å². The van der Waals surface area contributed by atoms with Gasteiger partial charge in [-0.15, -0.1) is 0 Å². The predicted molar refractivity (Wildman–Crippen MR) is 64.5 cm³/mol. The largest absolute Gasteiger partial charge is 0.380 e. The summed E-state index contributed by atoms with van der Waals surface area (Å²) < 4.78 is 5.21. The quantitative estimate of drug-likeness (QED) is 0.795. The number of hydrogen-bond donors (Lipinski definition) is 2. The van der Waals surface area contributed by atoms with Gasteiger partial charge in [0.1, 0.15) is 0 Å². The molecular formula is C12H18N2O2. The van der Waals surface area contributed by atoms with E-state index in [1.54, 1.807) is 25.3 Å². The van der Waals surface area contributed by atoms with E-state index in [1.807, 2.05) is 19.9 Å². The highest BCUT2D eigenvalue weighted by molar-refractivity contribution is 5.93. The first-order valence-electron chi connectivity index (χ1n) is 5.23. The van der Waals surface area contributed by atoms with Crippen molar-refractivity contribution in [3.05, 3.63) is 29.8 Å². The van der Waals surface area contributed by atoms with Crippen LogP contribution in [0.2, 0.25) is 0 Å². The molecule has 0 aromatic heterocycles. The number of amides is 1. The molecule has 1 aromatic rings. The summed E-state index contributed by atoms with van der Waals surface area (Å²) in [6, 6.07) is 7.28. The standard InChI is InChI=1S/C12H18N2O2/c1-8(9(2)16-3)14-11-6-4-5-10(7-11)12(13)15/h4-9,14H,1-3H3,(H2,13,15). The molecule has 0 fully saturated rings. The normalized spacial score (nSPS) is 14.2. The number of rotatable bonds is 5. The number of nitrogens with one attached hydrogen (secondary N) is 1. The van der Waals surface area contributed by atoms with Crippen LogP contribution in [0.25, 0.3) is 0 Å². The Balaban J connectivity index is 2.74. The Kier molecular flexibility index (Phi) is 4.31. The molecule has 0 aliphatic heterocycles. The minimum absolute atomic E-state index is 0.0947. The highest BCUT2D eigenvalue weighted by atomic mass is 16.5. The van der Waals surface area contributed by atoms with Gasteiger partial charge in [0.2, 0.25) is 5.91 Å². The summed E-state index contributed by atoms with van der Waals surface area (Å²) in [6.45, 7) is 4.00. The summed E-state index contributed by atoms with van der Waals surface area (Å²) in [7, 11) is 1.67. The van der Waals surface area contributed by atoms with Gasteiger partial charge in [-0.1, -0.05) is 6.07 Å². The van der Waals surface area contributed by atoms with E-state index in [4.69, 9.17) is 10.5 Å². The maximum atomic E-state index is 11.0. The number of primary amides is 1. The summed E-state index contributed by atoms with van der Waals surface area (Å²) in [5, 5.41) is 3.26. The smallest absolute Gasteiger partial charge is 0.248 e. The lowest BCUT2D eigenvalue weighted by atomic mass is 10.1. The Bertz CT molecular complexity index is 366. The van der Waals surface area contributed by atoms with E-state index in [0.717, 1.165) is 5.69 Å². The highest BCUT2D eigenvalue weighted by Crippen LogP contribution is 2.13. The van der Waals surface area contributed by atoms with Gasteiger partial charge in [0.25, 0.3) is 0 Å². The zero-order valence-electron chi connectivity index (χ0n) is 9.86. The second-order valence-corrected chi connectivity index (χ2v) is 3.82. The number of hydrogen-bond acceptors (Lipinski definition) is 3. The van der Waals surface area contributed by atoms with Crippen LogP contribution in [0.1, 0.15) is 24.2 Å². The Morgan fingerprint density at radius 2 is 2.12 bits per heavy atom. The average molecular weight is 222 g/mol. The number of methoxy groups -OCH3 is 1. The van der Waals surface area contributed by atoms with Crippen molar-refractivity contribution < 1.29 is 9.53 Å². The zero-order valence-corrected chi connectivity index (χ0v) is 9.86. The molecule has 0 saturated carbocycles. The van der Waals surface area contributed by atoms with Crippen LogP contribution >= 0.6 is 0 Å². The summed E-state index contributed by atoms with van der Waals surface area (Å²) in [4.78, 5) is 11.0. The molecule has 88 valence electrons. The number of carbonyl (C=O) groups excluding carboxylic acids is 1. The van der Waals surface area contributed by atoms with E-state index < -0.39 is 5.91 Å². The van der Waals surface area contributed by atoms with Gasteiger partial charge >= 0.3 is 0 Å². The van der Waals surface area contributed by atoms with Crippen molar-refractivity contribution in [2.75, 3.05) is 12.4 Å². The molecule has 1 aromatic carbocycles. The van der Waals surface area contributed by atoms with E-state index in [0.29, 0.717) is 5.56 Å². The van der Waals surface area contributed by atoms with Crippen LogP contribution in [0.5, 0.6) is 0 Å². The molecule has 16 heavy (non-hydrogen) atoms. The third-order valence-corrected chi connectivity index (χ3v) is 2.62. The van der Waals surface area contributed by atoms with Crippen LogP contribution in [0, 0.1) is 0 Å². The first-order valence-corrected chi connectivity index (χ1v) is 5.23. The van der Waals surface area contributed by atoms with Crippen molar-refractivity contribution in [2.45, 2.75) is 26.0 Å². The molecule has 0 spiro atoms. The third-order valence-electron chi connectivity index (χ3n) is 2.62. The molecule has 4 heteroatoms. The number of benzene rings is 1.